The van der Waals surface area contributed by atoms with Crippen LogP contribution in [0.5, 0.6) is 0 Å². The molecule has 0 aliphatic carbocycles. The Morgan fingerprint density at radius 3 is 2.26 bits per heavy atom. The maximum absolute atomic E-state index is 12.8. The molecule has 7 nitrogen and oxygen atoms in total. The smallest absolute Gasteiger partial charge is 0.248 e. The lowest BCUT2D eigenvalue weighted by atomic mass is 10.0. The monoisotopic (exact) mass is 469 g/mol. The van der Waals surface area contributed by atoms with Gasteiger partial charge in [0.1, 0.15) is 0 Å². The quantitative estimate of drug-likeness (QED) is 0.553. The summed E-state index contributed by atoms with van der Waals surface area (Å²) in [5.41, 5.74) is 6.24. The third-order valence-electron chi connectivity index (χ3n) is 6.34. The second kappa shape index (κ2) is 11.0. The van der Waals surface area contributed by atoms with E-state index in [4.69, 9.17) is 0 Å². The van der Waals surface area contributed by atoms with E-state index in [0.29, 0.717) is 31.1 Å². The van der Waals surface area contributed by atoms with Crippen LogP contribution in [0.25, 0.3) is 6.08 Å². The predicted molar refractivity (Wildman–Crippen MR) is 139 cm³/mol. The van der Waals surface area contributed by atoms with E-state index in [1.165, 1.54) is 11.1 Å². The zero-order valence-electron chi connectivity index (χ0n) is 20.5. The van der Waals surface area contributed by atoms with Crippen LogP contribution in [0.1, 0.15) is 27.8 Å². The molecule has 0 unspecified atom stereocenters. The molecule has 2 amide bonds. The van der Waals surface area contributed by atoms with Crippen LogP contribution in [0.4, 0.5) is 11.6 Å². The average molecular weight is 470 g/mol. The fourth-order valence-corrected chi connectivity index (χ4v) is 4.11. The number of nitrogens with one attached hydrogen (secondary N) is 1. The molecule has 4 rings (SSSR count). The minimum absolute atomic E-state index is 0.0992. The fourth-order valence-electron chi connectivity index (χ4n) is 4.11. The molecule has 0 saturated carbocycles. The number of anilines is 2. The molecule has 2 heterocycles. The first-order chi connectivity index (χ1) is 16.9. The molecule has 7 heteroatoms. The lowest BCUT2D eigenvalue weighted by molar-refractivity contribution is -0.130. The molecule has 3 aromatic rings. The van der Waals surface area contributed by atoms with E-state index in [-0.39, 0.29) is 11.8 Å². The Morgan fingerprint density at radius 1 is 0.914 bits per heavy atom. The van der Waals surface area contributed by atoms with Crippen LogP contribution in [-0.2, 0) is 16.0 Å². The number of aromatic nitrogens is 2. The molecule has 1 saturated heterocycles. The summed E-state index contributed by atoms with van der Waals surface area (Å²) in [4.78, 5) is 37.7. The van der Waals surface area contributed by atoms with Crippen LogP contribution in [0.3, 0.4) is 0 Å². The van der Waals surface area contributed by atoms with Gasteiger partial charge in [-0.05, 0) is 72.9 Å². The summed E-state index contributed by atoms with van der Waals surface area (Å²) in [6, 6.07) is 13.5. The molecule has 35 heavy (non-hydrogen) atoms. The fraction of sp³-hybridized carbons (Fsp3) is 0.286. The maximum Gasteiger partial charge on any atom is 0.248 e. The molecule has 0 bridgehead atoms. The van der Waals surface area contributed by atoms with E-state index in [0.717, 1.165) is 29.8 Å². The van der Waals surface area contributed by atoms with E-state index in [1.54, 1.807) is 24.5 Å². The van der Waals surface area contributed by atoms with E-state index in [1.807, 2.05) is 42.2 Å². The molecule has 0 radical (unpaired) electrons. The van der Waals surface area contributed by atoms with Crippen LogP contribution < -0.4 is 10.2 Å². The summed E-state index contributed by atoms with van der Waals surface area (Å²) >= 11 is 0. The summed E-state index contributed by atoms with van der Waals surface area (Å²) in [6.07, 6.45) is 7.19. The van der Waals surface area contributed by atoms with Gasteiger partial charge >= 0.3 is 0 Å². The minimum atomic E-state index is -0.188. The lowest BCUT2D eigenvalue weighted by Crippen LogP contribution is -2.49. The number of piperazine rings is 1. The normalized spacial score (nSPS) is 13.8. The number of carbonyl (C=O) groups excluding carboxylic acids is 2. The molecular weight excluding hydrogens is 438 g/mol. The number of aryl methyl sites for hydroxylation is 3. The Bertz CT molecular complexity index is 1210. The van der Waals surface area contributed by atoms with Gasteiger partial charge in [-0.15, -0.1) is 0 Å². The molecule has 1 aliphatic rings. The Kier molecular flexibility index (Phi) is 7.55. The highest BCUT2D eigenvalue weighted by molar-refractivity contribution is 6.02. The largest absolute Gasteiger partial charge is 0.339 e. The second-order valence-corrected chi connectivity index (χ2v) is 8.91. The van der Waals surface area contributed by atoms with Gasteiger partial charge in [-0.3, -0.25) is 9.59 Å². The summed E-state index contributed by atoms with van der Waals surface area (Å²) in [5.74, 6) is 0.616. The third kappa shape index (κ3) is 6.32. The van der Waals surface area contributed by atoms with E-state index < -0.39 is 0 Å². The molecule has 1 N–H and O–H groups in total. The van der Waals surface area contributed by atoms with Gasteiger partial charge in [-0.1, -0.05) is 24.3 Å². The predicted octanol–water partition coefficient (Wildman–Crippen LogP) is 3.95. The summed E-state index contributed by atoms with van der Waals surface area (Å²) in [6.45, 7) is 8.93. The summed E-state index contributed by atoms with van der Waals surface area (Å²) < 4.78 is 0. The number of carbonyl (C=O) groups is 2. The molecule has 2 aromatic carbocycles. The Morgan fingerprint density at radius 2 is 1.57 bits per heavy atom. The Balaban J connectivity index is 1.27. The summed E-state index contributed by atoms with van der Waals surface area (Å²) in [5, 5.41) is 2.88. The van der Waals surface area contributed by atoms with Gasteiger partial charge < -0.3 is 15.1 Å². The van der Waals surface area contributed by atoms with Crippen molar-refractivity contribution in [3.63, 3.8) is 0 Å². The number of rotatable bonds is 6. The van der Waals surface area contributed by atoms with Crippen LogP contribution in [0.2, 0.25) is 0 Å². The van der Waals surface area contributed by atoms with Crippen molar-refractivity contribution < 1.29 is 9.59 Å². The molecule has 180 valence electrons. The van der Waals surface area contributed by atoms with Gasteiger partial charge in [0.25, 0.3) is 0 Å². The Hall–Kier alpha value is -4.00. The number of nitrogens with zero attached hydrogens (tertiary/aromatic N) is 4. The van der Waals surface area contributed by atoms with Crippen molar-refractivity contribution in [2.45, 2.75) is 27.2 Å². The van der Waals surface area contributed by atoms with Crippen molar-refractivity contribution in [2.75, 3.05) is 36.4 Å². The van der Waals surface area contributed by atoms with Crippen molar-refractivity contribution >= 4 is 29.5 Å². The van der Waals surface area contributed by atoms with Crippen molar-refractivity contribution in [3.05, 3.63) is 88.8 Å². The zero-order chi connectivity index (χ0) is 24.8. The molecule has 1 fully saturated rings. The summed E-state index contributed by atoms with van der Waals surface area (Å²) in [7, 11) is 0. The second-order valence-electron chi connectivity index (χ2n) is 8.91. The van der Waals surface area contributed by atoms with Gasteiger partial charge in [0.05, 0.1) is 6.42 Å². The standard InChI is InChI=1S/C28H31N5O2/c1-20-17-22(3)24(18-21(20)2)7-10-26(34)31-25-8-5-23(6-9-25)19-27(35)32-13-15-33(16-14-32)28-29-11-4-12-30-28/h4-12,17-18H,13-16,19H2,1-3H3,(H,31,34)/b10-7+. The zero-order valence-corrected chi connectivity index (χ0v) is 20.5. The van der Waals surface area contributed by atoms with Crippen LogP contribution in [-0.4, -0.2) is 52.9 Å². The van der Waals surface area contributed by atoms with Gasteiger partial charge in [-0.2, -0.15) is 0 Å². The molecular formula is C28H31N5O2. The number of hydrogen-bond acceptors (Lipinski definition) is 5. The van der Waals surface area contributed by atoms with Crippen LogP contribution in [0, 0.1) is 20.8 Å². The number of hydrogen-bond donors (Lipinski definition) is 1. The van der Waals surface area contributed by atoms with Crippen molar-refractivity contribution in [1.82, 2.24) is 14.9 Å². The first-order valence-electron chi connectivity index (χ1n) is 11.8. The van der Waals surface area contributed by atoms with E-state index in [9.17, 15) is 9.59 Å². The van der Waals surface area contributed by atoms with Gasteiger partial charge in [0, 0.05) is 50.3 Å². The highest BCUT2D eigenvalue weighted by atomic mass is 16.2. The van der Waals surface area contributed by atoms with Crippen molar-refractivity contribution in [2.24, 2.45) is 0 Å². The number of benzene rings is 2. The maximum atomic E-state index is 12.8. The highest BCUT2D eigenvalue weighted by Gasteiger charge is 2.22. The average Bonchev–Trinajstić information content (AvgIpc) is 2.87. The first-order valence-corrected chi connectivity index (χ1v) is 11.8. The molecule has 0 spiro atoms. The van der Waals surface area contributed by atoms with Crippen molar-refractivity contribution in [3.8, 4) is 0 Å². The SMILES string of the molecule is Cc1cc(C)c(/C=C/C(=O)Nc2ccc(CC(=O)N3CCN(c4ncccn4)CC3)cc2)cc1C. The first kappa shape index (κ1) is 24.1. The van der Waals surface area contributed by atoms with Crippen LogP contribution >= 0.6 is 0 Å². The highest BCUT2D eigenvalue weighted by Crippen LogP contribution is 2.17. The lowest BCUT2D eigenvalue weighted by Gasteiger charge is -2.34. The van der Waals surface area contributed by atoms with Gasteiger partial charge in [0.15, 0.2) is 0 Å². The van der Waals surface area contributed by atoms with Gasteiger partial charge in [0.2, 0.25) is 17.8 Å². The minimum Gasteiger partial charge on any atom is -0.339 e. The molecule has 1 aromatic heterocycles. The molecule has 0 atom stereocenters. The van der Waals surface area contributed by atoms with Crippen molar-refractivity contribution in [1.29, 1.82) is 0 Å². The molecule has 1 aliphatic heterocycles. The Labute approximate surface area is 206 Å². The van der Waals surface area contributed by atoms with Crippen LogP contribution in [0.15, 0.2) is 60.9 Å². The number of amides is 2. The van der Waals surface area contributed by atoms with Gasteiger partial charge in [-0.25, -0.2) is 9.97 Å². The third-order valence-corrected chi connectivity index (χ3v) is 6.34. The topological polar surface area (TPSA) is 78.4 Å². The van der Waals surface area contributed by atoms with E-state index in [2.05, 4.69) is 46.2 Å². The van der Waals surface area contributed by atoms with E-state index >= 15 is 0 Å².